The number of carbonyl (C=O) groups is 2. The number of carboxylic acid groups (broad SMARTS) is 1. The summed E-state index contributed by atoms with van der Waals surface area (Å²) in [4.78, 5) is 27.5. The van der Waals surface area contributed by atoms with Gasteiger partial charge in [-0.15, -0.1) is 0 Å². The van der Waals surface area contributed by atoms with Gasteiger partial charge in [0.2, 0.25) is 5.91 Å². The zero-order valence-electron chi connectivity index (χ0n) is 10.0. The van der Waals surface area contributed by atoms with Crippen LogP contribution in [-0.4, -0.2) is 29.0 Å². The number of hydrogen-bond donors (Lipinski definition) is 1. The van der Waals surface area contributed by atoms with Gasteiger partial charge in [0.05, 0.1) is 0 Å². The third kappa shape index (κ3) is 2.32. The van der Waals surface area contributed by atoms with E-state index in [0.29, 0.717) is 22.7 Å². The first-order chi connectivity index (χ1) is 8.47. The molecule has 6 nitrogen and oxygen atoms in total. The first kappa shape index (κ1) is 12.1. The van der Waals surface area contributed by atoms with Crippen LogP contribution in [0.15, 0.2) is 22.6 Å². The van der Waals surface area contributed by atoms with E-state index in [-0.39, 0.29) is 0 Å². The molecule has 1 aromatic heterocycles. The fourth-order valence-electron chi connectivity index (χ4n) is 1.63. The third-order valence-electron chi connectivity index (χ3n) is 2.54. The van der Waals surface area contributed by atoms with Crippen molar-refractivity contribution in [2.45, 2.75) is 13.3 Å². The number of nitrogens with zero attached hydrogens (tertiary/aromatic N) is 2. The number of carbonyl (C=O) groups excluding carboxylic acids is 1. The zero-order chi connectivity index (χ0) is 13.3. The minimum Gasteiger partial charge on any atom is -0.481 e. The van der Waals surface area contributed by atoms with Crippen LogP contribution in [0.1, 0.15) is 12.3 Å². The van der Waals surface area contributed by atoms with Crippen molar-refractivity contribution in [1.82, 2.24) is 4.98 Å². The molecule has 0 aliphatic rings. The van der Waals surface area contributed by atoms with E-state index in [0.717, 1.165) is 0 Å². The second-order valence-corrected chi connectivity index (χ2v) is 3.91. The number of carboxylic acids is 1. The molecular weight excluding hydrogens is 236 g/mol. The number of benzene rings is 1. The van der Waals surface area contributed by atoms with Crippen LogP contribution in [0.3, 0.4) is 0 Å². The molecule has 0 radical (unpaired) electrons. The first-order valence-electron chi connectivity index (χ1n) is 5.33. The Morgan fingerprint density at radius 2 is 2.17 bits per heavy atom. The van der Waals surface area contributed by atoms with Crippen LogP contribution in [0, 0.1) is 6.92 Å². The Bertz CT molecular complexity index is 618. The Morgan fingerprint density at radius 3 is 2.83 bits per heavy atom. The molecule has 1 amide bonds. The molecule has 1 aromatic carbocycles. The Kier molecular flexibility index (Phi) is 3.01. The molecular formula is C12H12N2O4. The average Bonchev–Trinajstić information content (AvgIpc) is 2.65. The molecule has 0 aliphatic heterocycles. The Balaban J connectivity index is 2.29. The summed E-state index contributed by atoms with van der Waals surface area (Å²) in [5.74, 6) is -1.09. The molecule has 0 unspecified atom stereocenters. The topological polar surface area (TPSA) is 83.6 Å². The second-order valence-electron chi connectivity index (χ2n) is 3.91. The van der Waals surface area contributed by atoms with E-state index in [1.807, 2.05) is 0 Å². The van der Waals surface area contributed by atoms with Crippen LogP contribution in [-0.2, 0) is 9.59 Å². The van der Waals surface area contributed by atoms with Gasteiger partial charge in [-0.05, 0) is 12.1 Å². The predicted octanol–water partition coefficient (Wildman–Crippen LogP) is 1.57. The van der Waals surface area contributed by atoms with Gasteiger partial charge >= 0.3 is 5.97 Å². The highest BCUT2D eigenvalue weighted by Crippen LogP contribution is 2.22. The predicted molar refractivity (Wildman–Crippen MR) is 64.4 cm³/mol. The molecule has 0 spiro atoms. The zero-order valence-corrected chi connectivity index (χ0v) is 10.0. The molecule has 1 N–H and O–H groups in total. The summed E-state index contributed by atoms with van der Waals surface area (Å²) in [6.07, 6.45) is -0.538. The molecule has 0 fully saturated rings. The number of anilines is 1. The first-order valence-corrected chi connectivity index (χ1v) is 5.33. The summed E-state index contributed by atoms with van der Waals surface area (Å²) in [6, 6.07) is 5.09. The number of aliphatic carboxylic acids is 1. The van der Waals surface area contributed by atoms with Crippen LogP contribution < -0.4 is 4.90 Å². The molecule has 0 aliphatic carbocycles. The van der Waals surface area contributed by atoms with Gasteiger partial charge < -0.3 is 14.4 Å². The molecule has 2 aromatic rings. The fourth-order valence-corrected chi connectivity index (χ4v) is 1.63. The van der Waals surface area contributed by atoms with Gasteiger partial charge in [-0.1, -0.05) is 0 Å². The molecule has 94 valence electrons. The van der Waals surface area contributed by atoms with Crippen LogP contribution in [0.4, 0.5) is 5.69 Å². The highest BCUT2D eigenvalue weighted by molar-refractivity contribution is 6.03. The lowest BCUT2D eigenvalue weighted by Gasteiger charge is -2.15. The van der Waals surface area contributed by atoms with Crippen molar-refractivity contribution in [1.29, 1.82) is 0 Å². The molecule has 0 bridgehead atoms. The molecule has 1 heterocycles. The second kappa shape index (κ2) is 4.48. The molecule has 18 heavy (non-hydrogen) atoms. The molecule has 0 atom stereocenters. The number of rotatable bonds is 3. The lowest BCUT2D eigenvalue weighted by Crippen LogP contribution is -2.28. The van der Waals surface area contributed by atoms with Crippen molar-refractivity contribution in [2.24, 2.45) is 0 Å². The lowest BCUT2D eigenvalue weighted by atomic mass is 10.2. The van der Waals surface area contributed by atoms with Crippen molar-refractivity contribution in [2.75, 3.05) is 11.9 Å². The van der Waals surface area contributed by atoms with Crippen LogP contribution >= 0.6 is 0 Å². The van der Waals surface area contributed by atoms with Gasteiger partial charge in [-0.25, -0.2) is 4.98 Å². The number of hydrogen-bond acceptors (Lipinski definition) is 4. The minimum atomic E-state index is -1.15. The summed E-state index contributed by atoms with van der Waals surface area (Å²) in [6.45, 7) is 1.74. The van der Waals surface area contributed by atoms with Gasteiger partial charge in [0.15, 0.2) is 11.5 Å². The SMILES string of the molecule is Cc1nc2ccc(N(C)C(=O)CC(=O)O)cc2o1. The van der Waals surface area contributed by atoms with E-state index >= 15 is 0 Å². The van der Waals surface area contributed by atoms with Crippen molar-refractivity contribution in [3.05, 3.63) is 24.1 Å². The van der Waals surface area contributed by atoms with E-state index in [9.17, 15) is 9.59 Å². The number of fused-ring (bicyclic) bond motifs is 1. The molecule has 0 saturated carbocycles. The summed E-state index contributed by atoms with van der Waals surface area (Å²) < 4.78 is 5.35. The number of aryl methyl sites for hydroxylation is 1. The van der Waals surface area contributed by atoms with Gasteiger partial charge in [0.1, 0.15) is 11.9 Å². The molecule has 2 rings (SSSR count). The van der Waals surface area contributed by atoms with Gasteiger partial charge in [0.25, 0.3) is 0 Å². The van der Waals surface area contributed by atoms with Crippen LogP contribution in [0.2, 0.25) is 0 Å². The summed E-state index contributed by atoms with van der Waals surface area (Å²) in [5, 5.41) is 8.58. The Hall–Kier alpha value is -2.37. The monoisotopic (exact) mass is 248 g/mol. The standard InChI is InChI=1S/C12H12N2O4/c1-7-13-9-4-3-8(5-10(9)18-7)14(2)11(15)6-12(16)17/h3-5H,6H2,1-2H3,(H,16,17). The lowest BCUT2D eigenvalue weighted by molar-refractivity contribution is -0.140. The average molecular weight is 248 g/mol. The highest BCUT2D eigenvalue weighted by Gasteiger charge is 2.15. The van der Waals surface area contributed by atoms with Crippen LogP contribution in [0.25, 0.3) is 11.1 Å². The van der Waals surface area contributed by atoms with Crippen LogP contribution in [0.5, 0.6) is 0 Å². The van der Waals surface area contributed by atoms with Crippen molar-refractivity contribution >= 4 is 28.7 Å². The number of oxazole rings is 1. The van der Waals surface area contributed by atoms with Gasteiger partial charge in [0, 0.05) is 25.7 Å². The van der Waals surface area contributed by atoms with E-state index in [1.165, 1.54) is 11.9 Å². The van der Waals surface area contributed by atoms with Crippen molar-refractivity contribution in [3.63, 3.8) is 0 Å². The van der Waals surface area contributed by atoms with Gasteiger partial charge in [-0.2, -0.15) is 0 Å². The minimum absolute atomic E-state index is 0.488. The summed E-state index contributed by atoms with van der Waals surface area (Å²) in [7, 11) is 1.52. The van der Waals surface area contributed by atoms with Crippen molar-refractivity contribution < 1.29 is 19.1 Å². The third-order valence-corrected chi connectivity index (χ3v) is 2.54. The highest BCUT2D eigenvalue weighted by atomic mass is 16.4. The molecule has 0 saturated heterocycles. The largest absolute Gasteiger partial charge is 0.481 e. The van der Waals surface area contributed by atoms with E-state index in [1.54, 1.807) is 25.1 Å². The molecule has 6 heteroatoms. The Morgan fingerprint density at radius 1 is 1.44 bits per heavy atom. The normalized spacial score (nSPS) is 10.6. The quantitative estimate of drug-likeness (QED) is 0.833. The number of amides is 1. The summed E-state index contributed by atoms with van der Waals surface area (Å²) >= 11 is 0. The fraction of sp³-hybridized carbons (Fsp3) is 0.250. The maximum absolute atomic E-state index is 11.6. The Labute approximate surface area is 103 Å². The maximum Gasteiger partial charge on any atom is 0.312 e. The maximum atomic E-state index is 11.6. The summed E-state index contributed by atoms with van der Waals surface area (Å²) in [5.41, 5.74) is 1.85. The smallest absolute Gasteiger partial charge is 0.312 e. The van der Waals surface area contributed by atoms with E-state index < -0.39 is 18.3 Å². The number of aromatic nitrogens is 1. The van der Waals surface area contributed by atoms with Gasteiger partial charge in [-0.3, -0.25) is 9.59 Å². The van der Waals surface area contributed by atoms with E-state index in [2.05, 4.69) is 4.98 Å². The van der Waals surface area contributed by atoms with Crippen molar-refractivity contribution in [3.8, 4) is 0 Å². The van der Waals surface area contributed by atoms with E-state index in [4.69, 9.17) is 9.52 Å².